The molecule has 1 aromatic heterocycles. The highest BCUT2D eigenvalue weighted by Gasteiger charge is 2.42. The monoisotopic (exact) mass is 982 g/mol. The van der Waals surface area contributed by atoms with Crippen LogP contribution in [0.5, 0.6) is 5.75 Å². The molecule has 0 spiro atoms. The van der Waals surface area contributed by atoms with Crippen LogP contribution in [0, 0.1) is 11.8 Å². The number of carbonyl (C=O) groups excluding carboxylic acids is 9. The number of imidazole rings is 1. The van der Waals surface area contributed by atoms with Gasteiger partial charge in [-0.15, -0.1) is 0 Å². The number of aromatic hydroxyl groups is 1. The molecule has 23 nitrogen and oxygen atoms in total. The van der Waals surface area contributed by atoms with Crippen LogP contribution in [0.2, 0.25) is 0 Å². The smallest absolute Gasteiger partial charge is 0.315 e. The highest BCUT2D eigenvalue weighted by atomic mass is 32.2. The molecule has 2 aromatic rings. The molecular weight excluding hydrogens is 917 g/mol. The number of benzene rings is 1. The molecule has 69 heavy (non-hydrogen) atoms. The number of amides is 10. The number of hydrogen-bond donors (Lipinski definition) is 13. The van der Waals surface area contributed by atoms with E-state index in [1.165, 1.54) is 24.7 Å². The van der Waals surface area contributed by atoms with Crippen LogP contribution in [0.4, 0.5) is 4.79 Å². The number of H-pyrrole nitrogens is 1. The number of thioether (sulfide) groups is 1. The zero-order valence-corrected chi connectivity index (χ0v) is 39.3. The number of primary amides is 1. The van der Waals surface area contributed by atoms with Crippen molar-refractivity contribution in [2.24, 2.45) is 17.6 Å². The first-order chi connectivity index (χ1) is 33.2. The second-order valence-electron chi connectivity index (χ2n) is 17.8. The van der Waals surface area contributed by atoms with Crippen LogP contribution >= 0.6 is 11.8 Å². The highest BCUT2D eigenvalue weighted by molar-refractivity contribution is 8.00. The third-order valence-electron chi connectivity index (χ3n) is 12.5. The van der Waals surface area contributed by atoms with Crippen molar-refractivity contribution in [1.29, 1.82) is 0 Å². The Bertz CT molecular complexity index is 2070. The van der Waals surface area contributed by atoms with Crippen molar-refractivity contribution in [3.63, 3.8) is 0 Å². The van der Waals surface area contributed by atoms with E-state index in [-0.39, 0.29) is 61.4 Å². The Labute approximate surface area is 403 Å². The Balaban J connectivity index is 1.06. The molecule has 24 heteroatoms. The quantitative estimate of drug-likeness (QED) is 0.0205. The Kier molecular flexibility index (Phi) is 21.4. The third kappa shape index (κ3) is 18.2. The van der Waals surface area contributed by atoms with Crippen LogP contribution in [-0.4, -0.2) is 134 Å². The van der Waals surface area contributed by atoms with E-state index in [1.54, 1.807) is 17.6 Å². The Morgan fingerprint density at radius 3 is 2.22 bits per heavy atom. The first kappa shape index (κ1) is 53.5. The number of phenolic OH excluding ortho intramolecular Hbond substituents is 1. The molecule has 10 amide bonds. The first-order valence-corrected chi connectivity index (χ1v) is 24.6. The number of carbonyl (C=O) groups is 9. The number of nitrogens with zero attached hydrogens (tertiary/aromatic N) is 1. The second-order valence-corrected chi connectivity index (χ2v) is 19.1. The van der Waals surface area contributed by atoms with Crippen molar-refractivity contribution < 1.29 is 53.5 Å². The summed E-state index contributed by atoms with van der Waals surface area (Å²) < 4.78 is 0. The van der Waals surface area contributed by atoms with Crippen LogP contribution in [-0.2, 0) is 51.2 Å². The Hall–Kier alpha value is -6.43. The molecule has 2 saturated heterocycles. The minimum absolute atomic E-state index is 0.0344. The minimum Gasteiger partial charge on any atom is -0.508 e. The standard InChI is InChI=1S/C45H66N12O11S/c46-41(63)31(9-5-6-16-48-36(59)11-4-3-10-35-40-34(24-69-35)55-45(67)56-40)52-39(62)23-49-38(61)22-50-43(65)32(18-27-12-14-30(58)15-13-27)54-44(66)33(20-29-21-47-25-51-29)53-42(64)28(19-37(60)57-68)17-26-7-1-2-8-26/h12-15,21,25-26,28,31-35,40,58,68H,1-11,16-20,22-24H2,(H2,46,63)(H,47,51)(H,48,59)(H,49,61)(H,50,65)(H,52,62)(H,53,64)(H,54,66)(H,57,60)(H2,55,56,67)/t28?,31-,32-,33-,34-,35-,40-/m0/s1. The lowest BCUT2D eigenvalue weighted by Crippen LogP contribution is -2.56. The number of nitrogens with one attached hydrogen (secondary N) is 10. The number of fused-ring (bicyclic) bond motifs is 1. The summed E-state index contributed by atoms with van der Waals surface area (Å²) in [6.45, 7) is -0.790. The number of hydrogen-bond acceptors (Lipinski definition) is 13. The molecular formula is C45H66N12O11S. The van der Waals surface area contributed by atoms with Crippen LogP contribution in [0.25, 0.3) is 0 Å². The second kappa shape index (κ2) is 27.5. The van der Waals surface area contributed by atoms with E-state index in [4.69, 9.17) is 5.73 Å². The fourth-order valence-corrected chi connectivity index (χ4v) is 10.3. The molecule has 3 heterocycles. The van der Waals surface area contributed by atoms with Gasteiger partial charge in [0.25, 0.3) is 0 Å². The highest BCUT2D eigenvalue weighted by Crippen LogP contribution is 2.33. The molecule has 3 fully saturated rings. The fraction of sp³-hybridized carbons (Fsp3) is 0.600. The number of phenols is 1. The summed E-state index contributed by atoms with van der Waals surface area (Å²) in [6, 6.07) is 2.43. The van der Waals surface area contributed by atoms with Crippen molar-refractivity contribution in [1.82, 2.24) is 58.0 Å². The van der Waals surface area contributed by atoms with Gasteiger partial charge in [-0.2, -0.15) is 11.8 Å². The summed E-state index contributed by atoms with van der Waals surface area (Å²) in [6.07, 6.45) is 10.5. The number of hydroxylamine groups is 1. The predicted molar refractivity (Wildman–Crippen MR) is 251 cm³/mol. The number of aromatic nitrogens is 2. The van der Waals surface area contributed by atoms with Gasteiger partial charge in [-0.25, -0.2) is 15.3 Å². The van der Waals surface area contributed by atoms with E-state index in [0.717, 1.165) is 50.7 Å². The van der Waals surface area contributed by atoms with Crippen molar-refractivity contribution in [2.75, 3.05) is 25.4 Å². The molecule has 3 aliphatic rings. The van der Waals surface area contributed by atoms with E-state index in [1.807, 2.05) is 11.8 Å². The van der Waals surface area contributed by atoms with E-state index in [0.29, 0.717) is 48.7 Å². The maximum Gasteiger partial charge on any atom is 0.315 e. The maximum absolute atomic E-state index is 14.0. The zero-order valence-electron chi connectivity index (χ0n) is 38.5. The normalized spacial score (nSPS) is 19.1. The summed E-state index contributed by atoms with van der Waals surface area (Å²) in [5, 5.41) is 40.8. The number of urea groups is 1. The van der Waals surface area contributed by atoms with Crippen LogP contribution < -0.4 is 53.7 Å². The lowest BCUT2D eigenvalue weighted by atomic mass is 9.89. The van der Waals surface area contributed by atoms with Gasteiger partial charge in [-0.3, -0.25) is 43.6 Å². The molecule has 5 rings (SSSR count). The number of nitrogens with two attached hydrogens (primary N) is 1. The van der Waals surface area contributed by atoms with Gasteiger partial charge in [0.05, 0.1) is 31.5 Å². The molecule has 378 valence electrons. The van der Waals surface area contributed by atoms with Gasteiger partial charge in [0.1, 0.15) is 23.9 Å². The van der Waals surface area contributed by atoms with E-state index in [9.17, 15) is 53.5 Å². The third-order valence-corrected chi connectivity index (χ3v) is 14.0. The van der Waals surface area contributed by atoms with E-state index >= 15 is 0 Å². The van der Waals surface area contributed by atoms with Crippen LogP contribution in [0.3, 0.4) is 0 Å². The minimum atomic E-state index is -1.31. The van der Waals surface area contributed by atoms with Crippen molar-refractivity contribution in [2.45, 2.75) is 132 Å². The van der Waals surface area contributed by atoms with Gasteiger partial charge in [0, 0.05) is 61.0 Å². The molecule has 1 aromatic carbocycles. The summed E-state index contributed by atoms with van der Waals surface area (Å²) in [5.74, 6) is -5.08. The molecule has 0 radical (unpaired) electrons. The number of unbranched alkanes of at least 4 members (excludes halogenated alkanes) is 2. The lowest BCUT2D eigenvalue weighted by Gasteiger charge is -2.25. The van der Waals surface area contributed by atoms with E-state index in [2.05, 4.69) is 52.5 Å². The van der Waals surface area contributed by atoms with Crippen molar-refractivity contribution in [3.8, 4) is 5.75 Å². The van der Waals surface area contributed by atoms with Crippen molar-refractivity contribution in [3.05, 3.63) is 48.0 Å². The Morgan fingerprint density at radius 2 is 1.51 bits per heavy atom. The van der Waals surface area contributed by atoms with Gasteiger partial charge >= 0.3 is 6.03 Å². The van der Waals surface area contributed by atoms with Gasteiger partial charge in [0.2, 0.25) is 47.3 Å². The van der Waals surface area contributed by atoms with Gasteiger partial charge in [0.15, 0.2) is 0 Å². The number of aromatic amines is 1. The molecule has 1 saturated carbocycles. The SMILES string of the molecule is NC(=O)[C@H](CCCCNC(=O)CCCC[C@@H]1SC[C@@H]2NC(=O)N[C@@H]21)NC(=O)CNC(=O)CNC(=O)[C@H](Cc1ccc(O)cc1)NC(=O)[C@H](Cc1cnc[nH]1)NC(=O)C(CC(=O)NO)CC1CCCC1. The average Bonchev–Trinajstić information content (AvgIpc) is 4.17. The average molecular weight is 983 g/mol. The number of rotatable bonds is 29. The molecule has 1 unspecified atom stereocenters. The molecule has 0 bridgehead atoms. The largest absolute Gasteiger partial charge is 0.508 e. The molecule has 7 atom stereocenters. The van der Waals surface area contributed by atoms with Crippen LogP contribution in [0.15, 0.2) is 36.8 Å². The Morgan fingerprint density at radius 1 is 0.783 bits per heavy atom. The predicted octanol–water partition coefficient (Wildman–Crippen LogP) is -0.823. The molecule has 14 N–H and O–H groups in total. The summed E-state index contributed by atoms with van der Waals surface area (Å²) >= 11 is 1.83. The molecule has 2 aliphatic heterocycles. The van der Waals surface area contributed by atoms with Gasteiger partial charge in [-0.05, 0) is 62.1 Å². The fourth-order valence-electron chi connectivity index (χ4n) is 8.79. The summed E-state index contributed by atoms with van der Waals surface area (Å²) in [4.78, 5) is 122. The van der Waals surface area contributed by atoms with E-state index < -0.39 is 78.5 Å². The summed E-state index contributed by atoms with van der Waals surface area (Å²) in [5.41, 5.74) is 8.11. The maximum atomic E-state index is 14.0. The lowest BCUT2D eigenvalue weighted by molar-refractivity contribution is -0.137. The molecule has 1 aliphatic carbocycles. The first-order valence-electron chi connectivity index (χ1n) is 23.5. The van der Waals surface area contributed by atoms with Crippen LogP contribution in [0.1, 0.15) is 94.7 Å². The van der Waals surface area contributed by atoms with Crippen molar-refractivity contribution >= 4 is 65.1 Å². The topological polar surface area (TPSA) is 357 Å². The van der Waals surface area contributed by atoms with Gasteiger partial charge in [-0.1, -0.05) is 44.2 Å². The van der Waals surface area contributed by atoms with Gasteiger partial charge < -0.3 is 58.4 Å². The zero-order chi connectivity index (χ0) is 49.7. The summed E-state index contributed by atoms with van der Waals surface area (Å²) in [7, 11) is 0.